The van der Waals surface area contributed by atoms with Gasteiger partial charge in [0.15, 0.2) is 0 Å². The highest BCUT2D eigenvalue weighted by Crippen LogP contribution is 2.21. The minimum atomic E-state index is -2.61. The van der Waals surface area contributed by atoms with Gasteiger partial charge in [-0.15, -0.1) is 0 Å². The Labute approximate surface area is 230 Å². The van der Waals surface area contributed by atoms with Crippen LogP contribution in [-0.4, -0.2) is 131 Å². The van der Waals surface area contributed by atoms with E-state index >= 15 is 0 Å². The summed E-state index contributed by atoms with van der Waals surface area (Å²) in [5.74, 6) is 0. The van der Waals surface area contributed by atoms with E-state index in [0.29, 0.717) is 39.6 Å². The fourth-order valence-corrected chi connectivity index (χ4v) is 10.2. The molecule has 0 N–H and O–H groups in total. The number of nitrogens with zero attached hydrogens (tertiary/aromatic N) is 3. The minimum Gasteiger partial charge on any atom is -0.374 e. The van der Waals surface area contributed by atoms with Crippen molar-refractivity contribution in [1.82, 2.24) is 14.7 Å². The van der Waals surface area contributed by atoms with Crippen LogP contribution in [0, 0.1) is 0 Å². The van der Waals surface area contributed by atoms with Crippen LogP contribution in [0.2, 0.25) is 12.1 Å². The standard InChI is InChI=1S/C26H59N3O6Si2/c1-8-30-36(31-9-2,32-10-3)25-15-19-28(17-14-18-29-23-21-27(7)22-24-29)20-16-26-37(33-11-4,34-12-5)35-13-6/h8-26H2,1-7H3. The summed E-state index contributed by atoms with van der Waals surface area (Å²) in [5, 5.41) is 0. The Kier molecular flexibility index (Phi) is 19.8. The zero-order valence-corrected chi connectivity index (χ0v) is 27.2. The molecule has 0 aromatic rings. The molecule has 1 rings (SSSR count). The zero-order chi connectivity index (χ0) is 27.4. The first-order valence-electron chi connectivity index (χ1n) is 14.9. The van der Waals surface area contributed by atoms with Crippen LogP contribution in [0.4, 0.5) is 0 Å². The SMILES string of the molecule is CCO[Si](CCCN(CCCN1CCN(C)CC1)CCC[Si](OCC)(OCC)OCC)(OCC)OCC. The van der Waals surface area contributed by atoms with Gasteiger partial charge in [-0.25, -0.2) is 0 Å². The van der Waals surface area contributed by atoms with Crippen molar-refractivity contribution in [3.63, 3.8) is 0 Å². The van der Waals surface area contributed by atoms with Crippen LogP contribution in [0.25, 0.3) is 0 Å². The number of hydrogen-bond acceptors (Lipinski definition) is 9. The summed E-state index contributed by atoms with van der Waals surface area (Å²) >= 11 is 0. The Morgan fingerprint density at radius 2 is 0.892 bits per heavy atom. The topological polar surface area (TPSA) is 65.1 Å². The molecule has 0 aromatic carbocycles. The van der Waals surface area contributed by atoms with E-state index in [1.165, 1.54) is 32.6 Å². The molecule has 0 bridgehead atoms. The van der Waals surface area contributed by atoms with Gasteiger partial charge < -0.3 is 41.3 Å². The Morgan fingerprint density at radius 1 is 0.541 bits per heavy atom. The first kappa shape index (κ1) is 35.1. The molecule has 1 aliphatic heterocycles. The zero-order valence-electron chi connectivity index (χ0n) is 25.2. The van der Waals surface area contributed by atoms with E-state index in [0.717, 1.165) is 51.1 Å². The molecule has 1 saturated heterocycles. The van der Waals surface area contributed by atoms with E-state index in [9.17, 15) is 0 Å². The summed E-state index contributed by atoms with van der Waals surface area (Å²) in [7, 11) is -3.01. The maximum absolute atomic E-state index is 6.09. The van der Waals surface area contributed by atoms with Crippen LogP contribution >= 0.6 is 0 Å². The molecule has 0 saturated carbocycles. The lowest BCUT2D eigenvalue weighted by molar-refractivity contribution is 0.0691. The second-order valence-electron chi connectivity index (χ2n) is 9.51. The Balaban J connectivity index is 2.73. The van der Waals surface area contributed by atoms with Crippen LogP contribution in [0.1, 0.15) is 60.8 Å². The largest absolute Gasteiger partial charge is 0.500 e. The van der Waals surface area contributed by atoms with Crippen molar-refractivity contribution in [2.24, 2.45) is 0 Å². The normalized spacial score (nSPS) is 16.2. The first-order chi connectivity index (χ1) is 17.9. The average molecular weight is 566 g/mol. The lowest BCUT2D eigenvalue weighted by Crippen LogP contribution is -2.47. The van der Waals surface area contributed by atoms with Crippen LogP contribution in [0.5, 0.6) is 0 Å². The quantitative estimate of drug-likeness (QED) is 0.163. The van der Waals surface area contributed by atoms with Crippen molar-refractivity contribution in [2.45, 2.75) is 72.9 Å². The Bertz CT molecular complexity index is 478. The molecule has 0 spiro atoms. The van der Waals surface area contributed by atoms with Crippen molar-refractivity contribution in [3.05, 3.63) is 0 Å². The Hall–Kier alpha value is 0.0738. The molecular formula is C26H59N3O6Si2. The van der Waals surface area contributed by atoms with Gasteiger partial charge in [-0.2, -0.15) is 0 Å². The van der Waals surface area contributed by atoms with E-state index in [4.69, 9.17) is 26.6 Å². The second kappa shape index (κ2) is 20.9. The maximum atomic E-state index is 6.09. The summed E-state index contributed by atoms with van der Waals surface area (Å²) in [6.45, 7) is 24.8. The number of likely N-dealkylation sites (N-methyl/N-ethyl adjacent to an activating group) is 1. The molecule has 0 atom stereocenters. The van der Waals surface area contributed by atoms with E-state index in [2.05, 4.69) is 21.7 Å². The molecular weight excluding hydrogens is 506 g/mol. The molecule has 0 radical (unpaired) electrons. The first-order valence-corrected chi connectivity index (χ1v) is 18.7. The van der Waals surface area contributed by atoms with E-state index in [1.807, 2.05) is 41.5 Å². The maximum Gasteiger partial charge on any atom is 0.500 e. The van der Waals surface area contributed by atoms with E-state index in [1.54, 1.807) is 0 Å². The van der Waals surface area contributed by atoms with Crippen molar-refractivity contribution >= 4 is 17.6 Å². The molecule has 1 aliphatic rings. The molecule has 0 aromatic heterocycles. The molecule has 37 heavy (non-hydrogen) atoms. The fraction of sp³-hybridized carbons (Fsp3) is 1.00. The summed E-state index contributed by atoms with van der Waals surface area (Å²) in [6, 6.07) is 1.71. The number of piperazine rings is 1. The molecule has 0 amide bonds. The molecule has 222 valence electrons. The van der Waals surface area contributed by atoms with Gasteiger partial charge in [-0.3, -0.25) is 0 Å². The van der Waals surface area contributed by atoms with Gasteiger partial charge in [-0.05, 0) is 94.0 Å². The van der Waals surface area contributed by atoms with Gasteiger partial charge in [-0.1, -0.05) is 0 Å². The van der Waals surface area contributed by atoms with Gasteiger partial charge in [0.1, 0.15) is 0 Å². The molecule has 1 heterocycles. The highest BCUT2D eigenvalue weighted by Gasteiger charge is 2.41. The Morgan fingerprint density at radius 3 is 1.24 bits per heavy atom. The van der Waals surface area contributed by atoms with Gasteiger partial charge in [0.25, 0.3) is 0 Å². The molecule has 0 unspecified atom stereocenters. The predicted molar refractivity (Wildman–Crippen MR) is 155 cm³/mol. The fourth-order valence-electron chi connectivity index (χ4n) is 4.97. The number of rotatable bonds is 24. The molecule has 9 nitrogen and oxygen atoms in total. The third-order valence-corrected chi connectivity index (χ3v) is 12.9. The van der Waals surface area contributed by atoms with Crippen LogP contribution in [0.15, 0.2) is 0 Å². The summed E-state index contributed by atoms with van der Waals surface area (Å²) in [5.41, 5.74) is 0. The average Bonchev–Trinajstić information content (AvgIpc) is 2.86. The van der Waals surface area contributed by atoms with Crippen LogP contribution < -0.4 is 0 Å². The second-order valence-corrected chi connectivity index (χ2v) is 15.0. The van der Waals surface area contributed by atoms with Crippen LogP contribution in [-0.2, 0) is 26.6 Å². The van der Waals surface area contributed by atoms with Gasteiger partial charge >= 0.3 is 17.6 Å². The van der Waals surface area contributed by atoms with Gasteiger partial charge in [0, 0.05) is 77.9 Å². The molecule has 0 aliphatic carbocycles. The van der Waals surface area contributed by atoms with Crippen molar-refractivity contribution < 1.29 is 26.6 Å². The highest BCUT2D eigenvalue weighted by atomic mass is 28.4. The monoisotopic (exact) mass is 565 g/mol. The third kappa shape index (κ3) is 14.3. The third-order valence-electron chi connectivity index (χ3n) is 6.64. The van der Waals surface area contributed by atoms with Crippen LogP contribution in [0.3, 0.4) is 0 Å². The predicted octanol–water partition coefficient (Wildman–Crippen LogP) is 3.80. The summed E-state index contributed by atoms with van der Waals surface area (Å²) in [6.07, 6.45) is 3.19. The van der Waals surface area contributed by atoms with Crippen molar-refractivity contribution in [1.29, 1.82) is 0 Å². The molecule has 1 fully saturated rings. The van der Waals surface area contributed by atoms with E-state index in [-0.39, 0.29) is 0 Å². The summed E-state index contributed by atoms with van der Waals surface area (Å²) in [4.78, 5) is 7.62. The molecule has 11 heteroatoms. The highest BCUT2D eigenvalue weighted by molar-refractivity contribution is 6.61. The van der Waals surface area contributed by atoms with Crippen molar-refractivity contribution in [2.75, 3.05) is 99.0 Å². The number of hydrogen-bond donors (Lipinski definition) is 0. The smallest absolute Gasteiger partial charge is 0.374 e. The minimum absolute atomic E-state index is 0.625. The summed E-state index contributed by atoms with van der Waals surface area (Å²) < 4.78 is 36.5. The van der Waals surface area contributed by atoms with E-state index < -0.39 is 17.6 Å². The lowest BCUT2D eigenvalue weighted by atomic mass is 10.2. The lowest BCUT2D eigenvalue weighted by Gasteiger charge is -2.33. The van der Waals surface area contributed by atoms with Gasteiger partial charge in [0.05, 0.1) is 0 Å². The van der Waals surface area contributed by atoms with Crippen molar-refractivity contribution in [3.8, 4) is 0 Å². The van der Waals surface area contributed by atoms with Gasteiger partial charge in [0.2, 0.25) is 0 Å².